The molecule has 1 rings (SSSR count). The van der Waals surface area contributed by atoms with Crippen LogP contribution in [0.2, 0.25) is 0 Å². The zero-order valence-corrected chi connectivity index (χ0v) is 11.1. The van der Waals surface area contributed by atoms with Crippen molar-refractivity contribution in [3.05, 3.63) is 0 Å². The summed E-state index contributed by atoms with van der Waals surface area (Å²) in [5.74, 6) is 0.508. The SMILES string of the molecule is CCN(CCS(=O)(=O)CC)C[C@@H]1CCCO1. The van der Waals surface area contributed by atoms with Crippen LogP contribution in [0.15, 0.2) is 0 Å². The van der Waals surface area contributed by atoms with Gasteiger partial charge in [-0.25, -0.2) is 8.42 Å². The van der Waals surface area contributed by atoms with Gasteiger partial charge >= 0.3 is 0 Å². The maximum absolute atomic E-state index is 11.4. The number of hydrogen-bond donors (Lipinski definition) is 0. The molecule has 16 heavy (non-hydrogen) atoms. The third-order valence-electron chi connectivity index (χ3n) is 3.09. The maximum atomic E-state index is 11.4. The van der Waals surface area contributed by atoms with Gasteiger partial charge in [0.25, 0.3) is 0 Å². The molecule has 96 valence electrons. The average Bonchev–Trinajstić information content (AvgIpc) is 2.77. The van der Waals surface area contributed by atoms with Crippen molar-refractivity contribution in [1.82, 2.24) is 4.90 Å². The Hall–Kier alpha value is -0.130. The molecule has 1 saturated heterocycles. The fourth-order valence-corrected chi connectivity index (χ4v) is 2.69. The van der Waals surface area contributed by atoms with Crippen LogP contribution in [0.25, 0.3) is 0 Å². The minimum Gasteiger partial charge on any atom is -0.377 e. The number of nitrogens with zero attached hydrogens (tertiary/aromatic N) is 1. The molecule has 0 spiro atoms. The van der Waals surface area contributed by atoms with E-state index in [0.29, 0.717) is 12.6 Å². The Morgan fingerprint density at radius 1 is 1.38 bits per heavy atom. The second-order valence-corrected chi connectivity index (χ2v) is 6.74. The molecule has 0 radical (unpaired) electrons. The van der Waals surface area contributed by atoms with Gasteiger partial charge in [0.2, 0.25) is 0 Å². The van der Waals surface area contributed by atoms with E-state index in [9.17, 15) is 8.42 Å². The molecule has 0 bridgehead atoms. The smallest absolute Gasteiger partial charge is 0.151 e. The fraction of sp³-hybridized carbons (Fsp3) is 1.00. The van der Waals surface area contributed by atoms with Gasteiger partial charge in [0.1, 0.15) is 0 Å². The zero-order valence-electron chi connectivity index (χ0n) is 10.3. The van der Waals surface area contributed by atoms with Gasteiger partial charge in [0.15, 0.2) is 9.84 Å². The Balaban J connectivity index is 2.31. The molecule has 0 unspecified atom stereocenters. The highest BCUT2D eigenvalue weighted by Gasteiger charge is 2.19. The van der Waals surface area contributed by atoms with E-state index in [1.807, 2.05) is 0 Å². The van der Waals surface area contributed by atoms with Crippen molar-refractivity contribution in [2.75, 3.05) is 37.7 Å². The van der Waals surface area contributed by atoms with Gasteiger partial charge in [-0.2, -0.15) is 0 Å². The largest absolute Gasteiger partial charge is 0.377 e. The molecule has 0 aromatic carbocycles. The van der Waals surface area contributed by atoms with E-state index >= 15 is 0 Å². The first-order valence-electron chi connectivity index (χ1n) is 6.11. The van der Waals surface area contributed by atoms with Gasteiger partial charge in [-0.1, -0.05) is 13.8 Å². The summed E-state index contributed by atoms with van der Waals surface area (Å²) in [6.45, 7) is 7.01. The number of hydrogen-bond acceptors (Lipinski definition) is 4. The summed E-state index contributed by atoms with van der Waals surface area (Å²) >= 11 is 0. The van der Waals surface area contributed by atoms with E-state index in [2.05, 4.69) is 11.8 Å². The van der Waals surface area contributed by atoms with Crippen LogP contribution in [0.3, 0.4) is 0 Å². The van der Waals surface area contributed by atoms with Crippen molar-refractivity contribution in [3.63, 3.8) is 0 Å². The van der Waals surface area contributed by atoms with E-state index in [4.69, 9.17) is 4.74 Å². The Labute approximate surface area is 98.9 Å². The van der Waals surface area contributed by atoms with Crippen molar-refractivity contribution in [2.45, 2.75) is 32.8 Å². The normalized spacial score (nSPS) is 21.8. The van der Waals surface area contributed by atoms with Crippen molar-refractivity contribution < 1.29 is 13.2 Å². The number of rotatable bonds is 7. The minimum atomic E-state index is -2.84. The molecule has 5 heteroatoms. The van der Waals surface area contributed by atoms with Gasteiger partial charge in [-0.15, -0.1) is 0 Å². The van der Waals surface area contributed by atoms with E-state index in [1.165, 1.54) is 0 Å². The van der Waals surface area contributed by atoms with E-state index < -0.39 is 9.84 Å². The van der Waals surface area contributed by atoms with E-state index in [0.717, 1.165) is 32.5 Å². The minimum absolute atomic E-state index is 0.241. The summed E-state index contributed by atoms with van der Waals surface area (Å²) in [4.78, 5) is 2.17. The first kappa shape index (κ1) is 13.9. The zero-order chi connectivity index (χ0) is 12.0. The topological polar surface area (TPSA) is 46.6 Å². The van der Waals surface area contributed by atoms with E-state index in [1.54, 1.807) is 6.92 Å². The van der Waals surface area contributed by atoms with Crippen molar-refractivity contribution >= 4 is 9.84 Å². The standard InChI is InChI=1S/C11H23NO3S/c1-3-12(7-9-16(13,14)4-2)10-11-6-5-8-15-11/h11H,3-10H2,1-2H3/t11-/m0/s1. The average molecular weight is 249 g/mol. The lowest BCUT2D eigenvalue weighted by Crippen LogP contribution is -2.35. The monoisotopic (exact) mass is 249 g/mol. The molecule has 0 saturated carbocycles. The van der Waals surface area contributed by atoms with Gasteiger partial charge in [0, 0.05) is 25.4 Å². The first-order chi connectivity index (χ1) is 7.57. The van der Waals surface area contributed by atoms with Crippen LogP contribution >= 0.6 is 0 Å². The third-order valence-corrected chi connectivity index (χ3v) is 4.78. The Morgan fingerprint density at radius 3 is 2.62 bits per heavy atom. The summed E-state index contributed by atoms with van der Waals surface area (Å²) in [7, 11) is -2.84. The lowest BCUT2D eigenvalue weighted by molar-refractivity contribution is 0.0768. The first-order valence-corrected chi connectivity index (χ1v) is 7.94. The van der Waals surface area contributed by atoms with Crippen LogP contribution in [0, 0.1) is 0 Å². The molecule has 4 nitrogen and oxygen atoms in total. The van der Waals surface area contributed by atoms with E-state index in [-0.39, 0.29) is 11.5 Å². The van der Waals surface area contributed by atoms with Gasteiger partial charge in [0.05, 0.1) is 11.9 Å². The molecular weight excluding hydrogens is 226 g/mol. The van der Waals surface area contributed by atoms with Crippen molar-refractivity contribution in [2.24, 2.45) is 0 Å². The van der Waals surface area contributed by atoms with Crippen LogP contribution in [0.1, 0.15) is 26.7 Å². The second-order valence-electron chi connectivity index (χ2n) is 4.26. The molecule has 0 N–H and O–H groups in total. The quantitative estimate of drug-likeness (QED) is 0.673. The molecule has 1 aliphatic heterocycles. The lowest BCUT2D eigenvalue weighted by atomic mass is 10.2. The predicted octanol–water partition coefficient (Wildman–Crippen LogP) is 0.922. The fourth-order valence-electron chi connectivity index (χ4n) is 1.87. The van der Waals surface area contributed by atoms with Crippen molar-refractivity contribution in [1.29, 1.82) is 0 Å². The Bertz CT molecular complexity index is 284. The molecule has 1 heterocycles. The number of likely N-dealkylation sites (N-methyl/N-ethyl adjacent to an activating group) is 1. The molecule has 1 fully saturated rings. The Kier molecular flexibility index (Phi) is 5.72. The summed E-state index contributed by atoms with van der Waals surface area (Å²) < 4.78 is 28.4. The summed E-state index contributed by atoms with van der Waals surface area (Å²) in [6.07, 6.45) is 2.55. The summed E-state index contributed by atoms with van der Waals surface area (Å²) in [6, 6.07) is 0. The van der Waals surface area contributed by atoms with Crippen LogP contribution in [-0.4, -0.2) is 57.2 Å². The predicted molar refractivity (Wildman–Crippen MR) is 65.4 cm³/mol. The molecule has 0 amide bonds. The van der Waals surface area contributed by atoms with Crippen molar-refractivity contribution in [3.8, 4) is 0 Å². The highest BCUT2D eigenvalue weighted by atomic mass is 32.2. The molecule has 1 aliphatic rings. The van der Waals surface area contributed by atoms with Gasteiger partial charge < -0.3 is 9.64 Å². The Morgan fingerprint density at radius 2 is 2.12 bits per heavy atom. The van der Waals surface area contributed by atoms with Gasteiger partial charge in [-0.05, 0) is 19.4 Å². The van der Waals surface area contributed by atoms with Crippen LogP contribution < -0.4 is 0 Å². The molecule has 0 aliphatic carbocycles. The summed E-state index contributed by atoms with van der Waals surface area (Å²) in [5, 5.41) is 0. The number of ether oxygens (including phenoxy) is 1. The summed E-state index contributed by atoms with van der Waals surface area (Å²) in [5.41, 5.74) is 0. The molecule has 1 atom stereocenters. The van der Waals surface area contributed by atoms with Crippen LogP contribution in [0.5, 0.6) is 0 Å². The third kappa shape index (κ3) is 4.80. The molecular formula is C11H23NO3S. The van der Waals surface area contributed by atoms with Gasteiger partial charge in [-0.3, -0.25) is 0 Å². The van der Waals surface area contributed by atoms with Crippen LogP contribution in [-0.2, 0) is 14.6 Å². The highest BCUT2D eigenvalue weighted by molar-refractivity contribution is 7.91. The molecule has 0 aromatic heterocycles. The highest BCUT2D eigenvalue weighted by Crippen LogP contribution is 2.13. The number of sulfone groups is 1. The second kappa shape index (κ2) is 6.57. The lowest BCUT2D eigenvalue weighted by Gasteiger charge is -2.23. The molecule has 0 aromatic rings. The maximum Gasteiger partial charge on any atom is 0.151 e. The van der Waals surface area contributed by atoms with Crippen LogP contribution in [0.4, 0.5) is 0 Å².